The first kappa shape index (κ1) is 17.5. The Morgan fingerprint density at radius 1 is 1.04 bits per heavy atom. The average Bonchev–Trinajstić information content (AvgIpc) is 3.18. The Labute approximate surface area is 149 Å². The molecule has 1 aliphatic rings. The first-order valence-electron chi connectivity index (χ1n) is 9.11. The van der Waals surface area contributed by atoms with Crippen LogP contribution in [-0.2, 0) is 22.4 Å². The summed E-state index contributed by atoms with van der Waals surface area (Å²) < 4.78 is 5.42. The van der Waals surface area contributed by atoms with Gasteiger partial charge in [0.05, 0.1) is 0 Å². The normalized spacial score (nSPS) is 16.6. The first-order valence-corrected chi connectivity index (χ1v) is 9.11. The zero-order valence-corrected chi connectivity index (χ0v) is 15.0. The maximum atomic E-state index is 12.1. The van der Waals surface area contributed by atoms with Crippen LogP contribution in [0.25, 0.3) is 0 Å². The van der Waals surface area contributed by atoms with Crippen molar-refractivity contribution in [2.24, 2.45) is 0 Å². The summed E-state index contributed by atoms with van der Waals surface area (Å²) in [4.78, 5) is 12.1. The van der Waals surface area contributed by atoms with Gasteiger partial charge < -0.3 is 15.4 Å². The zero-order valence-electron chi connectivity index (χ0n) is 15.0. The van der Waals surface area contributed by atoms with Crippen LogP contribution >= 0.6 is 0 Å². The Morgan fingerprint density at radius 2 is 1.68 bits per heavy atom. The fourth-order valence-electron chi connectivity index (χ4n) is 3.19. The number of anilines is 3. The predicted molar refractivity (Wildman–Crippen MR) is 103 cm³/mol. The highest BCUT2D eigenvalue weighted by molar-refractivity contribution is 5.94. The molecule has 0 aliphatic carbocycles. The molecule has 4 nitrogen and oxygen atoms in total. The van der Waals surface area contributed by atoms with E-state index in [2.05, 4.69) is 42.7 Å². The van der Waals surface area contributed by atoms with E-state index >= 15 is 0 Å². The van der Waals surface area contributed by atoms with Gasteiger partial charge in [-0.15, -0.1) is 0 Å². The van der Waals surface area contributed by atoms with Crippen molar-refractivity contribution >= 4 is 23.0 Å². The molecule has 25 heavy (non-hydrogen) atoms. The predicted octanol–water partition coefficient (Wildman–Crippen LogP) is 4.67. The van der Waals surface area contributed by atoms with Gasteiger partial charge >= 0.3 is 0 Å². The van der Waals surface area contributed by atoms with Gasteiger partial charge in [-0.3, -0.25) is 4.79 Å². The Kier molecular flexibility index (Phi) is 5.71. The highest BCUT2D eigenvalue weighted by Crippen LogP contribution is 2.27. The molecule has 1 amide bonds. The summed E-state index contributed by atoms with van der Waals surface area (Å²) in [5.74, 6) is -0.0530. The molecule has 1 aliphatic heterocycles. The third-order valence-electron chi connectivity index (χ3n) is 4.64. The van der Waals surface area contributed by atoms with Gasteiger partial charge in [0.2, 0.25) is 0 Å². The summed E-state index contributed by atoms with van der Waals surface area (Å²) in [6.45, 7) is 5.02. The van der Waals surface area contributed by atoms with E-state index in [1.807, 2.05) is 24.3 Å². The molecule has 1 saturated heterocycles. The third-order valence-corrected chi connectivity index (χ3v) is 4.64. The minimum absolute atomic E-state index is 0.0530. The summed E-state index contributed by atoms with van der Waals surface area (Å²) in [6.07, 6.45) is 3.44. The quantitative estimate of drug-likeness (QED) is 0.804. The van der Waals surface area contributed by atoms with Gasteiger partial charge in [0.1, 0.15) is 6.10 Å². The topological polar surface area (TPSA) is 50.4 Å². The summed E-state index contributed by atoms with van der Waals surface area (Å²) in [5, 5.41) is 6.47. The third kappa shape index (κ3) is 4.20. The lowest BCUT2D eigenvalue weighted by atomic mass is 10.0. The molecule has 0 bridgehead atoms. The van der Waals surface area contributed by atoms with Gasteiger partial charge in [-0.25, -0.2) is 0 Å². The van der Waals surface area contributed by atoms with Gasteiger partial charge in [0, 0.05) is 23.7 Å². The summed E-state index contributed by atoms with van der Waals surface area (Å²) in [5.41, 5.74) is 5.64. The van der Waals surface area contributed by atoms with E-state index in [0.29, 0.717) is 6.61 Å². The Bertz CT molecular complexity index is 697. The Balaban J connectivity index is 1.70. The molecule has 4 heteroatoms. The van der Waals surface area contributed by atoms with E-state index in [1.54, 1.807) is 0 Å². The van der Waals surface area contributed by atoms with Crippen molar-refractivity contribution in [1.82, 2.24) is 0 Å². The van der Waals surface area contributed by atoms with E-state index < -0.39 is 0 Å². The second kappa shape index (κ2) is 8.17. The first-order chi connectivity index (χ1) is 12.2. The smallest absolute Gasteiger partial charge is 0.253 e. The van der Waals surface area contributed by atoms with Crippen molar-refractivity contribution in [2.45, 2.75) is 45.6 Å². The van der Waals surface area contributed by atoms with Crippen molar-refractivity contribution in [1.29, 1.82) is 0 Å². The Morgan fingerprint density at radius 3 is 2.24 bits per heavy atom. The summed E-state index contributed by atoms with van der Waals surface area (Å²) in [7, 11) is 0. The van der Waals surface area contributed by atoms with Crippen molar-refractivity contribution in [2.75, 3.05) is 17.2 Å². The van der Waals surface area contributed by atoms with E-state index in [9.17, 15) is 4.79 Å². The number of carbonyl (C=O) groups is 1. The molecule has 0 saturated carbocycles. The van der Waals surface area contributed by atoms with Crippen LogP contribution in [0.1, 0.15) is 37.8 Å². The van der Waals surface area contributed by atoms with Gasteiger partial charge in [-0.05, 0) is 61.1 Å². The van der Waals surface area contributed by atoms with Gasteiger partial charge in [-0.2, -0.15) is 0 Å². The molecule has 2 aromatic rings. The Hall–Kier alpha value is -2.33. The molecule has 0 spiro atoms. The fraction of sp³-hybridized carbons (Fsp3) is 0.381. The van der Waals surface area contributed by atoms with Crippen LogP contribution in [0.4, 0.5) is 17.1 Å². The van der Waals surface area contributed by atoms with Crippen LogP contribution in [-0.4, -0.2) is 18.6 Å². The van der Waals surface area contributed by atoms with Crippen LogP contribution in [0.5, 0.6) is 0 Å². The van der Waals surface area contributed by atoms with Crippen molar-refractivity contribution in [3.8, 4) is 0 Å². The van der Waals surface area contributed by atoms with Crippen molar-refractivity contribution in [3.63, 3.8) is 0 Å². The number of rotatable bonds is 6. The lowest BCUT2D eigenvalue weighted by molar-refractivity contribution is -0.124. The molecule has 0 radical (unpaired) electrons. The van der Waals surface area contributed by atoms with E-state index in [-0.39, 0.29) is 12.0 Å². The minimum Gasteiger partial charge on any atom is -0.368 e. The molecule has 1 atom stereocenters. The number of benzene rings is 2. The van der Waals surface area contributed by atoms with Gasteiger partial charge in [-0.1, -0.05) is 32.0 Å². The molecule has 1 fully saturated rings. The van der Waals surface area contributed by atoms with Crippen LogP contribution in [0.15, 0.2) is 42.5 Å². The lowest BCUT2D eigenvalue weighted by Crippen LogP contribution is -2.26. The number of aryl methyl sites for hydroxylation is 2. The summed E-state index contributed by atoms with van der Waals surface area (Å²) >= 11 is 0. The minimum atomic E-state index is -0.304. The van der Waals surface area contributed by atoms with Crippen LogP contribution in [0, 0.1) is 0 Å². The molecular weight excluding hydrogens is 312 g/mol. The van der Waals surface area contributed by atoms with Gasteiger partial charge in [0.15, 0.2) is 0 Å². The van der Waals surface area contributed by atoms with E-state index in [1.165, 1.54) is 16.8 Å². The number of nitrogens with one attached hydrogen (secondary N) is 2. The maximum Gasteiger partial charge on any atom is 0.253 e. The number of para-hydroxylation sites is 1. The number of carbonyl (C=O) groups excluding carboxylic acids is 1. The standard InChI is InChI=1S/C21H26N2O2/c1-3-15-7-5-8-16(4-2)20(15)22-17-10-12-18(13-11-17)23-21(24)19-9-6-14-25-19/h5,7-8,10-13,19,22H,3-4,6,9,14H2,1-2H3,(H,23,24). The molecule has 1 unspecified atom stereocenters. The molecule has 132 valence electrons. The largest absolute Gasteiger partial charge is 0.368 e. The lowest BCUT2D eigenvalue weighted by Gasteiger charge is -2.16. The second-order valence-corrected chi connectivity index (χ2v) is 6.35. The monoisotopic (exact) mass is 338 g/mol. The zero-order chi connectivity index (χ0) is 17.6. The molecule has 3 rings (SSSR count). The van der Waals surface area contributed by atoms with Crippen molar-refractivity contribution < 1.29 is 9.53 Å². The molecular formula is C21H26N2O2. The highest BCUT2D eigenvalue weighted by atomic mass is 16.5. The van der Waals surface area contributed by atoms with Crippen LogP contribution in [0.3, 0.4) is 0 Å². The number of amides is 1. The second-order valence-electron chi connectivity index (χ2n) is 6.35. The van der Waals surface area contributed by atoms with E-state index in [0.717, 1.165) is 37.1 Å². The molecule has 2 N–H and O–H groups in total. The average molecular weight is 338 g/mol. The number of ether oxygens (including phenoxy) is 1. The van der Waals surface area contributed by atoms with Crippen LogP contribution in [0.2, 0.25) is 0 Å². The molecule has 2 aromatic carbocycles. The van der Waals surface area contributed by atoms with E-state index in [4.69, 9.17) is 4.74 Å². The van der Waals surface area contributed by atoms with Crippen LogP contribution < -0.4 is 10.6 Å². The maximum absolute atomic E-state index is 12.1. The number of hydrogen-bond acceptors (Lipinski definition) is 3. The summed E-state index contributed by atoms with van der Waals surface area (Å²) in [6, 6.07) is 14.3. The van der Waals surface area contributed by atoms with Gasteiger partial charge in [0.25, 0.3) is 5.91 Å². The molecule has 0 aromatic heterocycles. The fourth-order valence-corrected chi connectivity index (χ4v) is 3.19. The molecule has 1 heterocycles. The number of hydrogen-bond donors (Lipinski definition) is 2. The SMILES string of the molecule is CCc1cccc(CC)c1Nc1ccc(NC(=O)C2CCCO2)cc1. The highest BCUT2D eigenvalue weighted by Gasteiger charge is 2.23. The van der Waals surface area contributed by atoms with Crippen molar-refractivity contribution in [3.05, 3.63) is 53.6 Å².